The summed E-state index contributed by atoms with van der Waals surface area (Å²) in [5, 5.41) is 9.52. The van der Waals surface area contributed by atoms with Crippen LogP contribution < -0.4 is 4.90 Å². The summed E-state index contributed by atoms with van der Waals surface area (Å²) < 4.78 is 20.8. The number of nitrogens with zero attached hydrogens (tertiary/aromatic N) is 1. The Morgan fingerprint density at radius 1 is 0.253 bits per heavy atom. The highest BCUT2D eigenvalue weighted by Gasteiger charge is 2.50. The molecule has 4 nitrogen and oxygen atoms in total. The zero-order chi connectivity index (χ0) is 63.9. The first-order valence-electron chi connectivity index (χ1n) is 33.9. The van der Waals surface area contributed by atoms with Gasteiger partial charge in [-0.2, -0.15) is 0 Å². The van der Waals surface area contributed by atoms with Crippen molar-refractivity contribution in [2.24, 2.45) is 0 Å². The van der Waals surface area contributed by atoms with Crippen molar-refractivity contribution in [3.63, 3.8) is 0 Å². The molecule has 5 aliphatic rings. The predicted molar refractivity (Wildman–Crippen MR) is 394 cm³/mol. The molecule has 0 bridgehead atoms. The third kappa shape index (κ3) is 6.58. The van der Waals surface area contributed by atoms with E-state index in [0.29, 0.717) is 0 Å². The minimum Gasteiger partial charge on any atom is -0.456 e. The van der Waals surface area contributed by atoms with Crippen LogP contribution in [0.5, 0.6) is 0 Å². The van der Waals surface area contributed by atoms with Crippen molar-refractivity contribution in [3.05, 3.63) is 280 Å². The molecule has 0 spiro atoms. The third-order valence-corrected chi connectivity index (χ3v) is 23.9. The van der Waals surface area contributed by atoms with E-state index in [9.17, 15) is 0 Å². The minimum atomic E-state index is -0.408. The lowest BCUT2D eigenvalue weighted by molar-refractivity contribution is 0.600. The monoisotopic (exact) mass is 1220 g/mol. The van der Waals surface area contributed by atoms with E-state index in [2.05, 4.69) is 299 Å². The molecule has 16 aromatic rings. The van der Waals surface area contributed by atoms with E-state index in [4.69, 9.17) is 13.3 Å². The molecule has 5 aliphatic carbocycles. The SMILES string of the molecule is CC1(C)c2cc(N(c3ccc4c(c3)C(C)(C)c3cc(-c5ccc6ccccc6c5)c5oc6ccccc6c5c3-4)c3ccc4c(c3)C(C)(C)c3c5c(c6c(oc7ccccc76)c3-4)-c3ccccc3C5(C)C)ccc2-c2cc3c(cc21)-c1c(ccc2oc4ccccc4c12)C3(C)C. The van der Waals surface area contributed by atoms with Crippen LogP contribution in [0.1, 0.15) is 125 Å². The van der Waals surface area contributed by atoms with Crippen molar-refractivity contribution in [3.8, 4) is 66.8 Å². The van der Waals surface area contributed by atoms with E-state index in [1.54, 1.807) is 0 Å². The molecule has 0 aliphatic heterocycles. The van der Waals surface area contributed by atoms with E-state index in [-0.39, 0.29) is 16.2 Å². The van der Waals surface area contributed by atoms with E-state index in [0.717, 1.165) is 67.1 Å². The highest BCUT2D eigenvalue weighted by molar-refractivity contribution is 6.22. The Labute approximate surface area is 551 Å². The predicted octanol–water partition coefficient (Wildman–Crippen LogP) is 25.2. The molecule has 0 saturated heterocycles. The number of anilines is 3. The fourth-order valence-corrected chi connectivity index (χ4v) is 19.3. The third-order valence-electron chi connectivity index (χ3n) is 23.9. The Morgan fingerprint density at radius 2 is 0.716 bits per heavy atom. The molecule has 0 amide bonds. The Hall–Kier alpha value is -10.7. The van der Waals surface area contributed by atoms with Gasteiger partial charge in [-0.15, -0.1) is 0 Å². The standard InChI is InChI=1S/C91H67NO3/c1-87(2)65-39-40-75-78(58-24-14-18-28-72(58)93-75)77(65)63-47-69-62(46-70(63)87)54-36-33-51(42-66(54)88(69,3)4)92(53-35-38-57-68(44-53)91(9,10)84-82(57)86-81(60-26-16-20-30-74(60)95-86)79-55-23-13-17-27-64(55)90(7,8)83(79)84)52-34-37-56-67(43-52)89(5,6)71-45-61(50-32-31-48-21-11-12-22-49(48)41-50)85-80(76(56)71)59-25-15-19-29-73(59)94-85/h11-47H,1-10H3. The maximum Gasteiger partial charge on any atom is 0.144 e. The maximum absolute atomic E-state index is 7.21. The van der Waals surface area contributed by atoms with Gasteiger partial charge in [0.15, 0.2) is 0 Å². The molecule has 3 heterocycles. The molecule has 0 N–H and O–H groups in total. The van der Waals surface area contributed by atoms with Crippen LogP contribution in [-0.4, -0.2) is 0 Å². The van der Waals surface area contributed by atoms with Crippen LogP contribution in [-0.2, 0) is 27.1 Å². The molecule has 0 saturated carbocycles. The van der Waals surface area contributed by atoms with Gasteiger partial charge in [-0.25, -0.2) is 0 Å². The van der Waals surface area contributed by atoms with Gasteiger partial charge < -0.3 is 18.2 Å². The second-order valence-electron chi connectivity index (χ2n) is 30.6. The smallest absolute Gasteiger partial charge is 0.144 e. The van der Waals surface area contributed by atoms with E-state index < -0.39 is 10.8 Å². The molecule has 0 radical (unpaired) electrons. The Bertz CT molecular complexity index is 6260. The van der Waals surface area contributed by atoms with Crippen molar-refractivity contribution in [1.82, 2.24) is 0 Å². The van der Waals surface area contributed by atoms with Crippen LogP contribution >= 0.6 is 0 Å². The minimum absolute atomic E-state index is 0.220. The van der Waals surface area contributed by atoms with Crippen LogP contribution in [0.4, 0.5) is 17.1 Å². The van der Waals surface area contributed by atoms with Crippen molar-refractivity contribution in [2.75, 3.05) is 4.90 Å². The highest BCUT2D eigenvalue weighted by Crippen LogP contribution is 2.65. The molecule has 95 heavy (non-hydrogen) atoms. The van der Waals surface area contributed by atoms with Crippen LogP contribution in [0.3, 0.4) is 0 Å². The summed E-state index contributed by atoms with van der Waals surface area (Å²) in [5.74, 6) is 0. The summed E-state index contributed by atoms with van der Waals surface area (Å²) in [6, 6.07) is 84.6. The fourth-order valence-electron chi connectivity index (χ4n) is 19.3. The first-order valence-corrected chi connectivity index (χ1v) is 33.9. The lowest BCUT2D eigenvalue weighted by atomic mass is 9.72. The van der Waals surface area contributed by atoms with Crippen molar-refractivity contribution in [1.29, 1.82) is 0 Å². The summed E-state index contributed by atoms with van der Waals surface area (Å²) in [6.45, 7) is 24.4. The summed E-state index contributed by atoms with van der Waals surface area (Å²) in [5.41, 5.74) is 35.9. The van der Waals surface area contributed by atoms with Crippen molar-refractivity contribution < 1.29 is 13.3 Å². The van der Waals surface area contributed by atoms with E-state index in [1.807, 2.05) is 0 Å². The zero-order valence-electron chi connectivity index (χ0n) is 55.0. The summed E-state index contributed by atoms with van der Waals surface area (Å²) in [7, 11) is 0. The number of hydrogen-bond acceptors (Lipinski definition) is 4. The Morgan fingerprint density at radius 3 is 1.42 bits per heavy atom. The largest absolute Gasteiger partial charge is 0.456 e. The van der Waals surface area contributed by atoms with Gasteiger partial charge in [-0.1, -0.05) is 209 Å². The molecule has 454 valence electrons. The summed E-state index contributed by atoms with van der Waals surface area (Å²) in [6.07, 6.45) is 0. The molecular formula is C91H67NO3. The average Bonchev–Trinajstić information content (AvgIpc) is 1.52. The highest BCUT2D eigenvalue weighted by atomic mass is 16.3. The van der Waals surface area contributed by atoms with Crippen LogP contribution in [0.25, 0.3) is 143 Å². The van der Waals surface area contributed by atoms with Gasteiger partial charge in [0.05, 0.1) is 0 Å². The number of furan rings is 3. The number of benzene rings is 13. The van der Waals surface area contributed by atoms with Gasteiger partial charge in [0, 0.05) is 87.6 Å². The van der Waals surface area contributed by atoms with Crippen LogP contribution in [0.2, 0.25) is 0 Å². The van der Waals surface area contributed by atoms with Gasteiger partial charge in [0.25, 0.3) is 0 Å². The van der Waals surface area contributed by atoms with Crippen LogP contribution in [0.15, 0.2) is 238 Å². The normalized spacial score (nSPS) is 16.3. The number of fused-ring (bicyclic) bond motifs is 30. The second-order valence-corrected chi connectivity index (χ2v) is 30.6. The number of para-hydroxylation sites is 3. The van der Waals surface area contributed by atoms with Gasteiger partial charge >= 0.3 is 0 Å². The van der Waals surface area contributed by atoms with Gasteiger partial charge in [-0.3, -0.25) is 0 Å². The lowest BCUT2D eigenvalue weighted by Gasteiger charge is -2.32. The number of rotatable bonds is 4. The molecule has 0 atom stereocenters. The molecular weight excluding hydrogens is 1160 g/mol. The maximum atomic E-state index is 7.21. The second kappa shape index (κ2) is 17.6. The quantitative estimate of drug-likeness (QED) is 0.176. The molecule has 21 rings (SSSR count). The Balaban J connectivity index is 0.778. The molecule has 3 aromatic heterocycles. The average molecular weight is 1220 g/mol. The summed E-state index contributed by atoms with van der Waals surface area (Å²) in [4.78, 5) is 2.57. The number of hydrogen-bond donors (Lipinski definition) is 0. The van der Waals surface area contributed by atoms with Crippen LogP contribution in [0, 0.1) is 0 Å². The first kappa shape index (κ1) is 53.8. The van der Waals surface area contributed by atoms with E-state index in [1.165, 1.54) is 149 Å². The van der Waals surface area contributed by atoms with Crippen molar-refractivity contribution >= 4 is 93.7 Å². The Kier molecular flexibility index (Phi) is 9.94. The zero-order valence-corrected chi connectivity index (χ0v) is 55.0. The molecule has 13 aromatic carbocycles. The van der Waals surface area contributed by atoms with E-state index >= 15 is 0 Å². The topological polar surface area (TPSA) is 42.7 Å². The van der Waals surface area contributed by atoms with Gasteiger partial charge in [-0.05, 0) is 207 Å². The van der Waals surface area contributed by atoms with Gasteiger partial charge in [0.2, 0.25) is 0 Å². The fraction of sp³-hybridized carbons (Fsp3) is 0.165. The molecule has 4 heteroatoms. The van der Waals surface area contributed by atoms with Gasteiger partial charge in [0.1, 0.15) is 33.5 Å². The molecule has 0 fully saturated rings. The summed E-state index contributed by atoms with van der Waals surface area (Å²) >= 11 is 0. The molecule has 0 unspecified atom stereocenters. The van der Waals surface area contributed by atoms with Crippen molar-refractivity contribution in [2.45, 2.75) is 96.3 Å². The lowest BCUT2D eigenvalue weighted by Crippen LogP contribution is -2.24. The first-order chi connectivity index (χ1) is 45.9.